The molecule has 0 aliphatic rings. The first-order valence-corrected chi connectivity index (χ1v) is 13.4. The summed E-state index contributed by atoms with van der Waals surface area (Å²) in [6.45, 7) is 4.97. The van der Waals surface area contributed by atoms with Crippen LogP contribution in [0.5, 0.6) is 0 Å². The van der Waals surface area contributed by atoms with Crippen molar-refractivity contribution in [3.63, 3.8) is 0 Å². The fourth-order valence-corrected chi connectivity index (χ4v) is 4.53. The number of rotatable bonds is 25. The molecule has 0 bridgehead atoms. The Morgan fingerprint density at radius 1 is 0.618 bits per heavy atom. The van der Waals surface area contributed by atoms with Crippen LogP contribution in [0.1, 0.15) is 116 Å². The molecule has 0 fully saturated rings. The number of carbonyl (C=O) groups is 3. The average Bonchev–Trinajstić information content (AvgIpc) is 2.76. The van der Waals surface area contributed by atoms with Crippen LogP contribution >= 0.6 is 0 Å². The lowest BCUT2D eigenvalue weighted by Gasteiger charge is -2.39. The van der Waals surface area contributed by atoms with E-state index >= 15 is 0 Å². The summed E-state index contributed by atoms with van der Waals surface area (Å²) >= 11 is 0. The normalized spacial score (nSPS) is 11.8. The molecular weight excluding hydrogens is 434 g/mol. The van der Waals surface area contributed by atoms with Crippen molar-refractivity contribution in [3.05, 3.63) is 12.2 Å². The molecule has 0 aromatic carbocycles. The predicted octanol–water partition coefficient (Wildman–Crippen LogP) is 4.93. The Morgan fingerprint density at radius 3 is 1.50 bits per heavy atom. The van der Waals surface area contributed by atoms with E-state index in [0.29, 0.717) is 43.4 Å². The third-order valence-electron chi connectivity index (χ3n) is 6.45. The summed E-state index contributed by atoms with van der Waals surface area (Å²) in [5, 5.41) is 29.0. The van der Waals surface area contributed by atoms with E-state index in [1.807, 2.05) is 0 Å². The molecule has 0 aliphatic carbocycles. The molecule has 2 N–H and O–H groups in total. The second-order valence-electron chi connectivity index (χ2n) is 9.58. The highest BCUT2D eigenvalue weighted by Crippen LogP contribution is 2.18. The highest BCUT2D eigenvalue weighted by molar-refractivity contribution is 5.66. The van der Waals surface area contributed by atoms with E-state index in [9.17, 15) is 19.5 Å². The molecular formula is C27H49NO6. The van der Waals surface area contributed by atoms with Crippen LogP contribution in [0.25, 0.3) is 0 Å². The highest BCUT2D eigenvalue weighted by atomic mass is 16.4. The van der Waals surface area contributed by atoms with Gasteiger partial charge < -0.3 is 24.6 Å². The van der Waals surface area contributed by atoms with Gasteiger partial charge in [0, 0.05) is 25.2 Å². The molecule has 34 heavy (non-hydrogen) atoms. The van der Waals surface area contributed by atoms with Gasteiger partial charge in [-0.2, -0.15) is 0 Å². The van der Waals surface area contributed by atoms with Crippen LogP contribution in [0.4, 0.5) is 0 Å². The van der Waals surface area contributed by atoms with Crippen molar-refractivity contribution in [2.24, 2.45) is 0 Å². The van der Waals surface area contributed by atoms with Crippen LogP contribution < -0.4 is 5.11 Å². The molecule has 7 heteroatoms. The first-order chi connectivity index (χ1) is 16.3. The number of nitrogens with zero attached hydrogens (tertiary/aromatic N) is 1. The van der Waals surface area contributed by atoms with Gasteiger partial charge in [-0.15, -0.1) is 0 Å². The highest BCUT2D eigenvalue weighted by Gasteiger charge is 2.26. The van der Waals surface area contributed by atoms with Crippen LogP contribution in [-0.4, -0.2) is 58.8 Å². The largest absolute Gasteiger partial charge is 0.550 e. The number of allylic oxidation sites excluding steroid dienone is 2. The molecule has 0 aromatic heterocycles. The number of hydrogen-bond acceptors (Lipinski definition) is 4. The number of quaternary nitrogens is 1. The number of carboxylic acids is 3. The summed E-state index contributed by atoms with van der Waals surface area (Å²) in [7, 11) is 0. The summed E-state index contributed by atoms with van der Waals surface area (Å²) in [5.41, 5.74) is 0. The minimum absolute atomic E-state index is 0.0238. The van der Waals surface area contributed by atoms with Crippen LogP contribution in [0, 0.1) is 0 Å². The molecule has 0 spiro atoms. The Morgan fingerprint density at radius 2 is 1.03 bits per heavy atom. The molecule has 0 aliphatic heterocycles. The molecule has 0 radical (unpaired) electrons. The van der Waals surface area contributed by atoms with Crippen molar-refractivity contribution in [3.8, 4) is 0 Å². The molecule has 0 saturated heterocycles. The van der Waals surface area contributed by atoms with Crippen LogP contribution in [0.2, 0.25) is 0 Å². The summed E-state index contributed by atoms with van der Waals surface area (Å²) in [6, 6.07) is 0. The van der Waals surface area contributed by atoms with Gasteiger partial charge in [-0.25, -0.2) is 0 Å². The lowest BCUT2D eigenvalue weighted by Crippen LogP contribution is -2.51. The predicted molar refractivity (Wildman–Crippen MR) is 133 cm³/mol. The topological polar surface area (TPSA) is 115 Å². The Labute approximate surface area is 206 Å². The molecule has 0 rings (SSSR count). The van der Waals surface area contributed by atoms with Crippen LogP contribution in [0.15, 0.2) is 12.2 Å². The minimum Gasteiger partial charge on any atom is -0.550 e. The SMILES string of the molecule is CCCCCC/C=C/CCCCCCC[N+](CCCC(=O)[O-])(CCCC(=O)O)CCCC(=O)O. The van der Waals surface area contributed by atoms with Gasteiger partial charge in [0.1, 0.15) is 0 Å². The third kappa shape index (κ3) is 20.7. The molecule has 7 nitrogen and oxygen atoms in total. The van der Waals surface area contributed by atoms with Crippen molar-refractivity contribution in [2.75, 3.05) is 26.2 Å². The van der Waals surface area contributed by atoms with Gasteiger partial charge >= 0.3 is 11.9 Å². The molecule has 0 saturated carbocycles. The summed E-state index contributed by atoms with van der Waals surface area (Å²) in [6.07, 6.45) is 19.3. The van der Waals surface area contributed by atoms with Crippen molar-refractivity contribution in [1.29, 1.82) is 0 Å². The molecule has 198 valence electrons. The average molecular weight is 484 g/mol. The second kappa shape index (κ2) is 21.6. The van der Waals surface area contributed by atoms with E-state index < -0.39 is 17.9 Å². The van der Waals surface area contributed by atoms with Gasteiger partial charge in [0.15, 0.2) is 0 Å². The molecule has 0 atom stereocenters. The zero-order valence-corrected chi connectivity index (χ0v) is 21.5. The Balaban J connectivity index is 4.49. The standard InChI is InChI=1S/C27H49NO6/c1-2-3-4-5-6-7-8-9-10-11-12-13-14-21-28(22-15-18-25(29)30,23-16-19-26(31)32)24-17-20-27(33)34/h7-8H,2-6,9-24H2,1H3,(H2-,29,30,31,32,33,34)/b8-7+. The van der Waals surface area contributed by atoms with Gasteiger partial charge in [-0.1, -0.05) is 51.2 Å². The summed E-state index contributed by atoms with van der Waals surface area (Å²) < 4.78 is 0.606. The van der Waals surface area contributed by atoms with E-state index in [0.717, 1.165) is 32.2 Å². The maximum atomic E-state index is 11.0. The van der Waals surface area contributed by atoms with E-state index in [4.69, 9.17) is 10.2 Å². The van der Waals surface area contributed by atoms with Gasteiger partial charge in [-0.3, -0.25) is 9.59 Å². The number of aliphatic carboxylic acids is 3. The van der Waals surface area contributed by atoms with Crippen molar-refractivity contribution in [2.45, 2.75) is 116 Å². The van der Waals surface area contributed by atoms with Crippen LogP contribution in [-0.2, 0) is 14.4 Å². The van der Waals surface area contributed by atoms with E-state index in [1.54, 1.807) is 0 Å². The van der Waals surface area contributed by atoms with Gasteiger partial charge in [0.05, 0.1) is 39.0 Å². The quantitative estimate of drug-likeness (QED) is 0.108. The maximum Gasteiger partial charge on any atom is 0.303 e. The second-order valence-corrected chi connectivity index (χ2v) is 9.58. The Hall–Kier alpha value is -1.89. The molecule has 0 unspecified atom stereocenters. The number of carboxylic acid groups (broad SMARTS) is 3. The lowest BCUT2D eigenvalue weighted by molar-refractivity contribution is -0.929. The number of carbonyl (C=O) groups excluding carboxylic acids is 1. The summed E-state index contributed by atoms with van der Waals surface area (Å²) in [4.78, 5) is 32.9. The minimum atomic E-state index is -1.08. The zero-order valence-electron chi connectivity index (χ0n) is 21.5. The zero-order chi connectivity index (χ0) is 25.5. The smallest absolute Gasteiger partial charge is 0.303 e. The van der Waals surface area contributed by atoms with Crippen molar-refractivity contribution in [1.82, 2.24) is 0 Å². The Bertz CT molecular complexity index is 525. The van der Waals surface area contributed by atoms with Crippen LogP contribution in [0.3, 0.4) is 0 Å². The van der Waals surface area contributed by atoms with Gasteiger partial charge in [0.25, 0.3) is 0 Å². The van der Waals surface area contributed by atoms with E-state index in [2.05, 4.69) is 19.1 Å². The van der Waals surface area contributed by atoms with E-state index in [-0.39, 0.29) is 19.3 Å². The number of hydrogen-bond donors (Lipinski definition) is 2. The van der Waals surface area contributed by atoms with Gasteiger partial charge in [-0.05, 0) is 44.9 Å². The van der Waals surface area contributed by atoms with Crippen molar-refractivity contribution >= 4 is 17.9 Å². The van der Waals surface area contributed by atoms with Gasteiger partial charge in [0.2, 0.25) is 0 Å². The fourth-order valence-electron chi connectivity index (χ4n) is 4.53. The Kier molecular flexibility index (Phi) is 20.4. The molecule has 0 amide bonds. The number of unbranched alkanes of at least 4 members (excludes halogenated alkanes) is 9. The first kappa shape index (κ1) is 32.1. The summed E-state index contributed by atoms with van der Waals surface area (Å²) in [5.74, 6) is -2.76. The monoisotopic (exact) mass is 483 g/mol. The first-order valence-electron chi connectivity index (χ1n) is 13.4. The van der Waals surface area contributed by atoms with Crippen molar-refractivity contribution < 1.29 is 34.2 Å². The third-order valence-corrected chi connectivity index (χ3v) is 6.45. The maximum absolute atomic E-state index is 11.0. The fraction of sp³-hybridized carbons (Fsp3) is 0.815. The van der Waals surface area contributed by atoms with E-state index in [1.165, 1.54) is 44.9 Å². The lowest BCUT2D eigenvalue weighted by atomic mass is 10.1. The molecule has 0 heterocycles. The molecule has 0 aromatic rings.